The van der Waals surface area contributed by atoms with Crippen molar-refractivity contribution in [3.05, 3.63) is 55.2 Å². The molecule has 1 aromatic heterocycles. The van der Waals surface area contributed by atoms with E-state index in [1.54, 1.807) is 11.3 Å². The van der Waals surface area contributed by atoms with Crippen LogP contribution < -0.4 is 5.32 Å². The highest BCUT2D eigenvalue weighted by Gasteiger charge is 2.19. The molecule has 0 amide bonds. The lowest BCUT2D eigenvalue weighted by Crippen LogP contribution is -2.22. The van der Waals surface area contributed by atoms with Gasteiger partial charge in [0.15, 0.2) is 0 Å². The first-order valence-corrected chi connectivity index (χ1v) is 8.35. The fourth-order valence-electron chi connectivity index (χ4n) is 2.16. The molecule has 0 aliphatic heterocycles. The maximum atomic E-state index is 6.46. The summed E-state index contributed by atoms with van der Waals surface area (Å²) in [6.07, 6.45) is 1.08. The quantitative estimate of drug-likeness (QED) is 0.736. The zero-order valence-corrected chi connectivity index (χ0v) is 14.3. The first-order valence-electron chi connectivity index (χ1n) is 6.78. The van der Waals surface area contributed by atoms with Crippen molar-refractivity contribution in [3.63, 3.8) is 0 Å². The van der Waals surface area contributed by atoms with Gasteiger partial charge in [0.2, 0.25) is 0 Å². The summed E-state index contributed by atoms with van der Waals surface area (Å²) >= 11 is 14.1. The number of thiophene rings is 1. The molecular weight excluding hydrogens is 309 g/mol. The van der Waals surface area contributed by atoms with Gasteiger partial charge in [-0.15, -0.1) is 11.3 Å². The van der Waals surface area contributed by atoms with Crippen LogP contribution in [0, 0.1) is 13.8 Å². The molecule has 0 spiro atoms. The van der Waals surface area contributed by atoms with Crippen LogP contribution in [0.3, 0.4) is 0 Å². The summed E-state index contributed by atoms with van der Waals surface area (Å²) in [7, 11) is 0. The second-order valence-electron chi connectivity index (χ2n) is 4.99. The van der Waals surface area contributed by atoms with Crippen molar-refractivity contribution < 1.29 is 0 Å². The minimum Gasteiger partial charge on any atom is -0.306 e. The molecule has 1 atom stereocenters. The molecule has 1 unspecified atom stereocenters. The van der Waals surface area contributed by atoms with Crippen molar-refractivity contribution in [3.8, 4) is 0 Å². The van der Waals surface area contributed by atoms with Gasteiger partial charge in [0.1, 0.15) is 0 Å². The van der Waals surface area contributed by atoms with Gasteiger partial charge in [0.25, 0.3) is 0 Å². The average molecular weight is 328 g/mol. The van der Waals surface area contributed by atoms with Crippen LogP contribution in [0.2, 0.25) is 9.36 Å². The van der Waals surface area contributed by atoms with Gasteiger partial charge in [-0.1, -0.05) is 36.2 Å². The number of rotatable bonds is 5. The number of nitrogens with one attached hydrogen (secondary N) is 1. The molecule has 0 aliphatic rings. The molecular formula is C16H19Cl2NS. The third kappa shape index (κ3) is 3.56. The van der Waals surface area contributed by atoms with Crippen LogP contribution in [-0.2, 0) is 0 Å². The van der Waals surface area contributed by atoms with Crippen LogP contribution in [0.15, 0.2) is 24.3 Å². The van der Waals surface area contributed by atoms with Crippen molar-refractivity contribution in [1.29, 1.82) is 0 Å². The van der Waals surface area contributed by atoms with E-state index in [9.17, 15) is 0 Å². The predicted octanol–water partition coefficient (Wildman–Crippen LogP) is 5.76. The Hall–Kier alpha value is -0.540. The second-order valence-corrected chi connectivity index (χ2v) is 7.14. The molecule has 1 nitrogen and oxygen atoms in total. The van der Waals surface area contributed by atoms with Gasteiger partial charge >= 0.3 is 0 Å². The molecule has 1 aromatic carbocycles. The van der Waals surface area contributed by atoms with Gasteiger partial charge in [-0.25, -0.2) is 0 Å². The Balaban J connectivity index is 2.43. The topological polar surface area (TPSA) is 12.0 Å². The number of aryl methyl sites for hydroxylation is 2. The Morgan fingerprint density at radius 2 is 1.85 bits per heavy atom. The first-order chi connectivity index (χ1) is 9.52. The standard InChI is InChI=1S/C16H19Cl2NS/c1-4-7-19-16(14-5-6-15(18)20-14)12-8-10(2)11(3)9-13(12)17/h5-6,8-9,16,19H,4,7H2,1-3H3. The van der Waals surface area contributed by atoms with E-state index in [-0.39, 0.29) is 6.04 Å². The highest BCUT2D eigenvalue weighted by Crippen LogP contribution is 2.35. The van der Waals surface area contributed by atoms with Gasteiger partial charge in [-0.05, 0) is 61.7 Å². The lowest BCUT2D eigenvalue weighted by Gasteiger charge is -2.20. The fraction of sp³-hybridized carbons (Fsp3) is 0.375. The third-order valence-corrected chi connectivity index (χ3v) is 5.02. The maximum Gasteiger partial charge on any atom is 0.0931 e. The number of halogens is 2. The smallest absolute Gasteiger partial charge is 0.0931 e. The monoisotopic (exact) mass is 327 g/mol. The molecule has 20 heavy (non-hydrogen) atoms. The number of hydrogen-bond acceptors (Lipinski definition) is 2. The average Bonchev–Trinajstić information content (AvgIpc) is 2.82. The predicted molar refractivity (Wildman–Crippen MR) is 90.4 cm³/mol. The van der Waals surface area contributed by atoms with Crippen LogP contribution in [0.25, 0.3) is 0 Å². The summed E-state index contributed by atoms with van der Waals surface area (Å²) in [4.78, 5) is 1.20. The molecule has 2 rings (SSSR count). The van der Waals surface area contributed by atoms with Crippen molar-refractivity contribution in [2.24, 2.45) is 0 Å². The van der Waals surface area contributed by atoms with E-state index in [0.717, 1.165) is 27.9 Å². The molecule has 0 bridgehead atoms. The van der Waals surface area contributed by atoms with Crippen molar-refractivity contribution >= 4 is 34.5 Å². The van der Waals surface area contributed by atoms with E-state index in [0.29, 0.717) is 0 Å². The van der Waals surface area contributed by atoms with Crippen LogP contribution >= 0.6 is 34.5 Å². The van der Waals surface area contributed by atoms with Crippen molar-refractivity contribution in [2.45, 2.75) is 33.2 Å². The molecule has 0 saturated carbocycles. The minimum atomic E-state index is 0.110. The van der Waals surface area contributed by atoms with E-state index >= 15 is 0 Å². The summed E-state index contributed by atoms with van der Waals surface area (Å²) in [6, 6.07) is 8.35. The Kier molecular flexibility index (Phi) is 5.50. The molecule has 1 N–H and O–H groups in total. The van der Waals surface area contributed by atoms with Gasteiger partial charge in [-0.2, -0.15) is 0 Å². The highest BCUT2D eigenvalue weighted by molar-refractivity contribution is 7.16. The van der Waals surface area contributed by atoms with Crippen LogP contribution in [0.1, 0.15) is 41.0 Å². The Bertz CT molecular complexity index is 592. The molecule has 4 heteroatoms. The minimum absolute atomic E-state index is 0.110. The second kappa shape index (κ2) is 6.95. The third-order valence-electron chi connectivity index (χ3n) is 3.40. The van der Waals surface area contributed by atoms with Crippen molar-refractivity contribution in [1.82, 2.24) is 5.32 Å². The first kappa shape index (κ1) is 15.8. The zero-order chi connectivity index (χ0) is 14.7. The zero-order valence-electron chi connectivity index (χ0n) is 12.0. The van der Waals surface area contributed by atoms with E-state index < -0.39 is 0 Å². The van der Waals surface area contributed by atoms with Gasteiger partial charge in [-0.3, -0.25) is 0 Å². The lowest BCUT2D eigenvalue weighted by atomic mass is 9.99. The van der Waals surface area contributed by atoms with E-state index in [4.69, 9.17) is 23.2 Å². The van der Waals surface area contributed by atoms with Gasteiger partial charge in [0.05, 0.1) is 10.4 Å². The SMILES string of the molecule is CCCNC(c1ccc(Cl)s1)c1cc(C)c(C)cc1Cl. The summed E-state index contributed by atoms with van der Waals surface area (Å²) in [5, 5.41) is 4.38. The summed E-state index contributed by atoms with van der Waals surface area (Å²) in [5.74, 6) is 0. The maximum absolute atomic E-state index is 6.46. The van der Waals surface area contributed by atoms with Crippen LogP contribution in [0.4, 0.5) is 0 Å². The Labute approximate surface area is 134 Å². The molecule has 0 fully saturated rings. The largest absolute Gasteiger partial charge is 0.306 e. The van der Waals surface area contributed by atoms with Crippen LogP contribution in [-0.4, -0.2) is 6.54 Å². The van der Waals surface area contributed by atoms with Crippen molar-refractivity contribution in [2.75, 3.05) is 6.54 Å². The molecule has 1 heterocycles. The van der Waals surface area contributed by atoms with Gasteiger partial charge < -0.3 is 5.32 Å². The van der Waals surface area contributed by atoms with E-state index in [1.165, 1.54) is 16.0 Å². The van der Waals surface area contributed by atoms with E-state index in [2.05, 4.69) is 38.2 Å². The van der Waals surface area contributed by atoms with Gasteiger partial charge in [0, 0.05) is 9.90 Å². The lowest BCUT2D eigenvalue weighted by molar-refractivity contribution is 0.605. The summed E-state index contributed by atoms with van der Waals surface area (Å²) < 4.78 is 0.809. The molecule has 0 radical (unpaired) electrons. The Morgan fingerprint density at radius 3 is 2.45 bits per heavy atom. The molecule has 0 saturated heterocycles. The fourth-order valence-corrected chi connectivity index (χ4v) is 3.64. The molecule has 0 aliphatic carbocycles. The Morgan fingerprint density at radius 1 is 1.15 bits per heavy atom. The molecule has 2 aromatic rings. The summed E-state index contributed by atoms with van der Waals surface area (Å²) in [6.45, 7) is 7.31. The number of benzene rings is 1. The highest BCUT2D eigenvalue weighted by atomic mass is 35.5. The normalized spacial score (nSPS) is 12.7. The van der Waals surface area contributed by atoms with Crippen LogP contribution in [0.5, 0.6) is 0 Å². The number of hydrogen-bond donors (Lipinski definition) is 1. The van der Waals surface area contributed by atoms with E-state index in [1.807, 2.05) is 12.1 Å². The molecule has 108 valence electrons. The summed E-state index contributed by atoms with van der Waals surface area (Å²) in [5.41, 5.74) is 3.61.